The van der Waals surface area contributed by atoms with Crippen LogP contribution >= 0.6 is 0 Å². The first kappa shape index (κ1) is 26.6. The molecule has 0 aliphatic carbocycles. The smallest absolute Gasteiger partial charge is 0.256 e. The highest BCUT2D eigenvalue weighted by Crippen LogP contribution is 2.40. The molecule has 0 unspecified atom stereocenters. The molecule has 2 aliphatic rings. The van der Waals surface area contributed by atoms with E-state index in [1.54, 1.807) is 12.1 Å². The summed E-state index contributed by atoms with van der Waals surface area (Å²) < 4.78 is 11.0. The Morgan fingerprint density at radius 1 is 1.15 bits per heavy atom. The third kappa shape index (κ3) is 5.43. The van der Waals surface area contributed by atoms with Gasteiger partial charge in [0.15, 0.2) is 17.8 Å². The lowest BCUT2D eigenvalue weighted by molar-refractivity contribution is -0.103. The van der Waals surface area contributed by atoms with Gasteiger partial charge in [-0.15, -0.1) is 0 Å². The Morgan fingerprint density at radius 2 is 1.92 bits per heavy atom. The molecule has 0 radical (unpaired) electrons. The van der Waals surface area contributed by atoms with Crippen LogP contribution in [-0.4, -0.2) is 66.5 Å². The minimum Gasteiger partial charge on any atom is -0.454 e. The van der Waals surface area contributed by atoms with E-state index in [-0.39, 0.29) is 12.7 Å². The van der Waals surface area contributed by atoms with Gasteiger partial charge in [0.25, 0.3) is 5.91 Å². The minimum absolute atomic E-state index is 0.0236. The van der Waals surface area contributed by atoms with E-state index in [4.69, 9.17) is 15.2 Å². The molecule has 1 aromatic heterocycles. The number of nitrogens with one attached hydrogen (secondary N) is 1. The number of carbonyl (C=O) groups excluding carboxylic acids is 2. The van der Waals surface area contributed by atoms with Gasteiger partial charge in [0.2, 0.25) is 6.79 Å². The van der Waals surface area contributed by atoms with Crippen LogP contribution in [0.2, 0.25) is 0 Å². The third-order valence-electron chi connectivity index (χ3n) is 7.66. The number of fused-ring (bicyclic) bond motifs is 1. The first-order valence-electron chi connectivity index (χ1n) is 13.5. The second-order valence-electron chi connectivity index (χ2n) is 10.3. The lowest BCUT2D eigenvalue weighted by Crippen LogP contribution is -2.45. The molecule has 0 saturated carbocycles. The molecule has 8 nitrogen and oxygen atoms in total. The van der Waals surface area contributed by atoms with E-state index >= 15 is 0 Å². The highest BCUT2D eigenvalue weighted by molar-refractivity contribution is 6.18. The maximum Gasteiger partial charge on any atom is 0.256 e. The van der Waals surface area contributed by atoms with Crippen molar-refractivity contribution in [2.24, 2.45) is 0 Å². The van der Waals surface area contributed by atoms with E-state index in [0.29, 0.717) is 58.7 Å². The van der Waals surface area contributed by atoms with E-state index in [1.165, 1.54) is 0 Å². The summed E-state index contributed by atoms with van der Waals surface area (Å²) in [6.07, 6.45) is 5.56. The van der Waals surface area contributed by atoms with Crippen molar-refractivity contribution >= 4 is 29.5 Å². The zero-order valence-corrected chi connectivity index (χ0v) is 22.8. The molecule has 2 aromatic carbocycles. The van der Waals surface area contributed by atoms with Crippen molar-refractivity contribution in [1.82, 2.24) is 14.8 Å². The molecule has 39 heavy (non-hydrogen) atoms. The standard InChI is InChI=1S/C31H36N4O4/c1-4-12-34(3)23-10-13-35(14-11-23)31(37)25-15-20(2)33-27(25)16-22(18-36)30-24(6-5-7-26(30)32)21-8-9-28-29(17-21)39-19-38-28/h5-9,15-18,23,33H,4,10-14,19,32H2,1-3H3/b22-16+. The topological polar surface area (TPSA) is 101 Å². The number of likely N-dealkylation sites (tertiary alicyclic amines) is 1. The van der Waals surface area contributed by atoms with Crippen molar-refractivity contribution in [1.29, 1.82) is 0 Å². The summed E-state index contributed by atoms with van der Waals surface area (Å²) in [5.41, 5.74) is 11.6. The van der Waals surface area contributed by atoms with Gasteiger partial charge in [0, 0.05) is 41.6 Å². The maximum atomic E-state index is 13.6. The molecular weight excluding hydrogens is 492 g/mol. The van der Waals surface area contributed by atoms with Gasteiger partial charge >= 0.3 is 0 Å². The van der Waals surface area contributed by atoms with Crippen LogP contribution < -0.4 is 15.2 Å². The predicted molar refractivity (Wildman–Crippen MR) is 154 cm³/mol. The van der Waals surface area contributed by atoms with Gasteiger partial charge < -0.3 is 30.0 Å². The molecule has 5 rings (SSSR count). The lowest BCUT2D eigenvalue weighted by Gasteiger charge is -2.36. The molecule has 1 saturated heterocycles. The average molecular weight is 529 g/mol. The molecule has 204 valence electrons. The monoisotopic (exact) mass is 528 g/mol. The first-order valence-corrected chi connectivity index (χ1v) is 13.5. The Hall–Kier alpha value is -4.04. The first-order chi connectivity index (χ1) is 18.9. The number of amides is 1. The fourth-order valence-electron chi connectivity index (χ4n) is 5.63. The van der Waals surface area contributed by atoms with Crippen molar-refractivity contribution in [3.63, 3.8) is 0 Å². The summed E-state index contributed by atoms with van der Waals surface area (Å²) in [6.45, 7) is 6.77. The molecule has 3 N–H and O–H groups in total. The average Bonchev–Trinajstić information content (AvgIpc) is 3.57. The zero-order chi connectivity index (χ0) is 27.5. The summed E-state index contributed by atoms with van der Waals surface area (Å²) >= 11 is 0. The second kappa shape index (κ2) is 11.4. The number of H-pyrrole nitrogens is 1. The van der Waals surface area contributed by atoms with Gasteiger partial charge in [-0.05, 0) is 81.2 Å². The van der Waals surface area contributed by atoms with E-state index in [9.17, 15) is 9.59 Å². The Bertz CT molecular complexity index is 1400. The Balaban J connectivity index is 1.46. The van der Waals surface area contributed by atoms with E-state index in [1.807, 2.05) is 48.2 Å². The number of nitrogen functional groups attached to an aromatic ring is 1. The van der Waals surface area contributed by atoms with Crippen LogP contribution in [0.4, 0.5) is 5.69 Å². The Kier molecular flexibility index (Phi) is 7.74. The number of nitrogens with zero attached hydrogens (tertiary/aromatic N) is 2. The number of piperidine rings is 1. The van der Waals surface area contributed by atoms with Crippen molar-refractivity contribution < 1.29 is 19.1 Å². The number of nitrogens with two attached hydrogens (primary N) is 1. The molecule has 0 atom stereocenters. The molecule has 1 fully saturated rings. The number of hydrogen-bond donors (Lipinski definition) is 2. The number of aryl methyl sites for hydroxylation is 1. The number of benzene rings is 2. The predicted octanol–water partition coefficient (Wildman–Crippen LogP) is 4.99. The van der Waals surface area contributed by atoms with Gasteiger partial charge in [0.05, 0.1) is 11.3 Å². The quantitative estimate of drug-likeness (QED) is 0.243. The molecule has 1 amide bonds. The number of ether oxygens (including phenoxy) is 2. The van der Waals surface area contributed by atoms with Crippen molar-refractivity contribution in [2.45, 2.75) is 39.2 Å². The minimum atomic E-state index is -0.0236. The molecule has 3 aromatic rings. The Morgan fingerprint density at radius 3 is 2.67 bits per heavy atom. The fourth-order valence-corrected chi connectivity index (χ4v) is 5.63. The second-order valence-corrected chi connectivity index (χ2v) is 10.3. The number of allylic oxidation sites excluding steroid dienone is 1. The molecule has 0 bridgehead atoms. The number of rotatable bonds is 8. The van der Waals surface area contributed by atoms with Gasteiger partial charge in [-0.25, -0.2) is 0 Å². The van der Waals surface area contributed by atoms with Crippen LogP contribution in [0.1, 0.15) is 53.5 Å². The Labute approximate surface area is 229 Å². The van der Waals surface area contributed by atoms with E-state index in [2.05, 4.69) is 23.9 Å². The summed E-state index contributed by atoms with van der Waals surface area (Å²) in [4.78, 5) is 33.7. The molecule has 2 aliphatic heterocycles. The SMILES string of the molecule is CCCN(C)C1CCN(C(=O)c2cc(C)[nH]c2/C=C(\C=O)c2c(N)cccc2-c2ccc3c(c2)OCO3)CC1. The zero-order valence-electron chi connectivity index (χ0n) is 22.8. The summed E-state index contributed by atoms with van der Waals surface area (Å²) in [5, 5.41) is 0. The highest BCUT2D eigenvalue weighted by atomic mass is 16.7. The van der Waals surface area contributed by atoms with Gasteiger partial charge in [-0.3, -0.25) is 9.59 Å². The summed E-state index contributed by atoms with van der Waals surface area (Å²) in [7, 11) is 2.16. The van der Waals surface area contributed by atoms with Crippen LogP contribution in [0.3, 0.4) is 0 Å². The van der Waals surface area contributed by atoms with Gasteiger partial charge in [-0.2, -0.15) is 0 Å². The number of anilines is 1. The van der Waals surface area contributed by atoms with Crippen LogP contribution in [0, 0.1) is 6.92 Å². The largest absolute Gasteiger partial charge is 0.454 e. The molecule has 0 spiro atoms. The van der Waals surface area contributed by atoms with Crippen molar-refractivity contribution in [3.05, 3.63) is 65.0 Å². The number of carbonyl (C=O) groups is 2. The number of aldehydes is 1. The number of aromatic nitrogens is 1. The molecule has 3 heterocycles. The van der Waals surface area contributed by atoms with Crippen LogP contribution in [0.5, 0.6) is 11.5 Å². The van der Waals surface area contributed by atoms with E-state index < -0.39 is 0 Å². The summed E-state index contributed by atoms with van der Waals surface area (Å²) in [6, 6.07) is 13.6. The van der Waals surface area contributed by atoms with Crippen molar-refractivity contribution in [2.75, 3.05) is 39.2 Å². The summed E-state index contributed by atoms with van der Waals surface area (Å²) in [5.74, 6) is 1.31. The highest BCUT2D eigenvalue weighted by Gasteiger charge is 2.27. The fraction of sp³-hybridized carbons (Fsp3) is 0.355. The number of hydrogen-bond acceptors (Lipinski definition) is 6. The molecule has 8 heteroatoms. The van der Waals surface area contributed by atoms with Crippen LogP contribution in [0.15, 0.2) is 42.5 Å². The van der Waals surface area contributed by atoms with Crippen LogP contribution in [0.25, 0.3) is 22.8 Å². The normalized spacial score (nSPS) is 15.7. The van der Waals surface area contributed by atoms with Gasteiger partial charge in [-0.1, -0.05) is 25.1 Å². The molecular formula is C31H36N4O4. The maximum absolute atomic E-state index is 13.6. The van der Waals surface area contributed by atoms with Crippen molar-refractivity contribution in [3.8, 4) is 22.6 Å². The van der Waals surface area contributed by atoms with Crippen LogP contribution in [-0.2, 0) is 4.79 Å². The number of aromatic amines is 1. The lowest BCUT2D eigenvalue weighted by atomic mass is 9.92. The third-order valence-corrected chi connectivity index (χ3v) is 7.66. The van der Waals surface area contributed by atoms with Gasteiger partial charge in [0.1, 0.15) is 0 Å². The van der Waals surface area contributed by atoms with E-state index in [0.717, 1.165) is 48.9 Å².